The van der Waals surface area contributed by atoms with E-state index in [-0.39, 0.29) is 212 Å². The van der Waals surface area contributed by atoms with Crippen molar-refractivity contribution in [2.24, 2.45) is 0 Å². The summed E-state index contributed by atoms with van der Waals surface area (Å²) in [5, 5.41) is 33.4. The first-order chi connectivity index (χ1) is 55.4. The number of hydrogen-bond donors (Lipinski definition) is 12. The van der Waals surface area contributed by atoms with Crippen molar-refractivity contribution in [2.75, 3.05) is 233 Å². The minimum Gasteiger partial charge on any atom is -0.385 e. The van der Waals surface area contributed by atoms with E-state index in [4.69, 9.17) is 61.6 Å². The second-order valence-corrected chi connectivity index (χ2v) is 26.9. The average molecular weight is 1640 g/mol. The molecule has 114 heavy (non-hydrogen) atoms. The van der Waals surface area contributed by atoms with Gasteiger partial charge in [-0.1, -0.05) is 12.8 Å². The molecule has 0 spiro atoms. The molecule has 0 fully saturated rings. The van der Waals surface area contributed by atoms with Gasteiger partial charge in [0.05, 0.1) is 92.4 Å². The summed E-state index contributed by atoms with van der Waals surface area (Å²) in [4.78, 5) is 157. The fourth-order valence-corrected chi connectivity index (χ4v) is 10.6. The van der Waals surface area contributed by atoms with Gasteiger partial charge in [-0.15, -0.1) is 0 Å². The fraction of sp³-hybridized carbons (Fsp3) is 0.844. The largest absolute Gasteiger partial charge is 0.385 e. The van der Waals surface area contributed by atoms with E-state index in [2.05, 4.69) is 63.8 Å². The minimum absolute atomic E-state index is 0.0182. The van der Waals surface area contributed by atoms with E-state index in [0.29, 0.717) is 72.2 Å². The SMILES string of the molecule is COCCCCCCNC(=O)CC(CCC(=O)NCCOCCOCC(=O)NCCCCCOC)NC(=O)CC(CCC(=O)NCCOCCOCC(=O)NCCCCCOC)NC(=O)CC(CCC(=O)NCCOCCOCCC(=O)NCCCCCOC)NC(=O)CNC(=O)COCCOCCC(=O)NCCCCCOC. The molecule has 0 aromatic heterocycles. The third-order valence-electron chi connectivity index (χ3n) is 16.8. The highest BCUT2D eigenvalue weighted by atomic mass is 16.5. The first-order valence-corrected chi connectivity index (χ1v) is 40.8. The van der Waals surface area contributed by atoms with Crippen LogP contribution in [0.2, 0.25) is 0 Å². The second kappa shape index (κ2) is 81.3. The Balaban J connectivity index is 6.28. The van der Waals surface area contributed by atoms with E-state index in [1.807, 2.05) is 0 Å². The molecule has 37 heteroatoms. The third kappa shape index (κ3) is 76.4. The lowest BCUT2D eigenvalue weighted by Gasteiger charge is -2.24. The van der Waals surface area contributed by atoms with Gasteiger partial charge in [-0.3, -0.25) is 57.5 Å². The van der Waals surface area contributed by atoms with E-state index in [1.54, 1.807) is 35.5 Å². The van der Waals surface area contributed by atoms with Crippen LogP contribution >= 0.6 is 0 Å². The summed E-state index contributed by atoms with van der Waals surface area (Å²) in [6, 6.07) is -2.92. The standard InChI is InChI=1S/C77H144N12O25/c1-102-38-17-7-6-12-32-80-71(95)56-63(22-25-66(90)84-36-46-110-51-54-112-60-75(99)81-33-15-10-20-41-105-4)87-72(96)57-64(23-26-67(91)85-37-47-111-52-55-113-61-76(100)82-34-16-11-21-42-106-5)88-73(97)58-65(24-27-68(92)83-35-45-109-49-48-107-43-28-69(93)78-30-13-8-18-39-103-2)89-74(98)59-86-77(101)62-114-53-50-108-44-29-70(94)79-31-14-9-19-40-104-3/h63-65H,6-62H2,1-5H3,(H,78,93)(H,79,94)(H,80,95)(H,81,99)(H,82,100)(H,83,92)(H,84,90)(H,85,91)(H,86,101)(H,87,96)(H,88,97)(H,89,98). The maximum absolute atomic E-state index is 14.3. The number of unbranched alkanes of at least 4 members (excludes halogenated alkanes) is 11. The lowest BCUT2D eigenvalue weighted by molar-refractivity contribution is -0.130. The smallest absolute Gasteiger partial charge is 0.246 e. The molecule has 0 aromatic rings. The molecular formula is C77H144N12O25. The number of amides is 12. The number of ether oxygens (including phenoxy) is 13. The zero-order valence-electron chi connectivity index (χ0n) is 69.2. The van der Waals surface area contributed by atoms with Crippen molar-refractivity contribution in [1.82, 2.24) is 63.8 Å². The average Bonchev–Trinajstić information content (AvgIpc) is 0.880. The Morgan fingerprint density at radius 2 is 0.439 bits per heavy atom. The predicted octanol–water partition coefficient (Wildman–Crippen LogP) is 0.384. The predicted molar refractivity (Wildman–Crippen MR) is 423 cm³/mol. The summed E-state index contributed by atoms with van der Waals surface area (Å²) < 4.78 is 69.3. The highest BCUT2D eigenvalue weighted by Crippen LogP contribution is 2.11. The van der Waals surface area contributed by atoms with Gasteiger partial charge in [-0.05, 0) is 109 Å². The van der Waals surface area contributed by atoms with Gasteiger partial charge in [0.15, 0.2) is 0 Å². The van der Waals surface area contributed by atoms with Crippen LogP contribution in [-0.4, -0.2) is 322 Å². The Hall–Kier alpha value is -6.88. The minimum atomic E-state index is -1.03. The number of hydrogen-bond acceptors (Lipinski definition) is 25. The van der Waals surface area contributed by atoms with E-state index >= 15 is 0 Å². The van der Waals surface area contributed by atoms with Crippen molar-refractivity contribution in [2.45, 2.75) is 191 Å². The summed E-state index contributed by atoms with van der Waals surface area (Å²) in [5.41, 5.74) is 0. The molecule has 0 radical (unpaired) electrons. The molecule has 0 bridgehead atoms. The lowest BCUT2D eigenvalue weighted by Crippen LogP contribution is -2.47. The van der Waals surface area contributed by atoms with Gasteiger partial charge in [0, 0.05) is 190 Å². The van der Waals surface area contributed by atoms with Crippen LogP contribution in [-0.2, 0) is 119 Å². The number of carbonyl (C=O) groups is 12. The molecule has 0 rings (SSSR count). The number of nitrogens with one attached hydrogen (secondary N) is 12. The van der Waals surface area contributed by atoms with Crippen LogP contribution in [0.1, 0.15) is 173 Å². The summed E-state index contributed by atoms with van der Waals surface area (Å²) >= 11 is 0. The van der Waals surface area contributed by atoms with Crippen LogP contribution in [0.25, 0.3) is 0 Å². The Morgan fingerprint density at radius 1 is 0.202 bits per heavy atom. The molecular weight excluding hydrogens is 1490 g/mol. The molecule has 0 heterocycles. The summed E-state index contributed by atoms with van der Waals surface area (Å²) in [6.45, 7) is 6.75. The van der Waals surface area contributed by atoms with Crippen molar-refractivity contribution >= 4 is 70.9 Å². The summed E-state index contributed by atoms with van der Waals surface area (Å²) in [5.74, 6) is -5.07. The van der Waals surface area contributed by atoms with E-state index in [9.17, 15) is 57.5 Å². The van der Waals surface area contributed by atoms with E-state index in [0.717, 1.165) is 96.3 Å². The Kier molecular flexibility index (Phi) is 76.4. The number of carbonyl (C=O) groups excluding carboxylic acids is 12. The topological polar surface area (TPSA) is 469 Å². The molecule has 37 nitrogen and oxygen atoms in total. The van der Waals surface area contributed by atoms with E-state index in [1.165, 1.54) is 0 Å². The molecule has 0 aliphatic rings. The van der Waals surface area contributed by atoms with Gasteiger partial charge in [0.2, 0.25) is 70.9 Å². The maximum atomic E-state index is 14.3. The molecule has 3 atom stereocenters. The van der Waals surface area contributed by atoms with E-state index < -0.39 is 79.6 Å². The third-order valence-corrected chi connectivity index (χ3v) is 16.8. The highest BCUT2D eigenvalue weighted by Gasteiger charge is 2.25. The van der Waals surface area contributed by atoms with Crippen LogP contribution in [0, 0.1) is 0 Å². The van der Waals surface area contributed by atoms with Gasteiger partial charge in [0.25, 0.3) is 0 Å². The van der Waals surface area contributed by atoms with Crippen molar-refractivity contribution in [3.8, 4) is 0 Å². The van der Waals surface area contributed by atoms with Gasteiger partial charge < -0.3 is 125 Å². The zero-order chi connectivity index (χ0) is 83.6. The molecule has 3 unspecified atom stereocenters. The summed E-state index contributed by atoms with van der Waals surface area (Å²) in [7, 11) is 8.20. The monoisotopic (exact) mass is 1640 g/mol. The van der Waals surface area contributed by atoms with Crippen LogP contribution in [0.15, 0.2) is 0 Å². The molecule has 12 amide bonds. The van der Waals surface area contributed by atoms with Crippen molar-refractivity contribution in [3.63, 3.8) is 0 Å². The molecule has 0 aromatic carbocycles. The molecule has 12 N–H and O–H groups in total. The highest BCUT2D eigenvalue weighted by molar-refractivity contribution is 5.87. The molecule has 0 aliphatic heterocycles. The number of methoxy groups -OCH3 is 5. The first-order valence-electron chi connectivity index (χ1n) is 40.8. The van der Waals surface area contributed by atoms with Crippen LogP contribution in [0.5, 0.6) is 0 Å². The second-order valence-electron chi connectivity index (χ2n) is 26.9. The molecule has 0 saturated heterocycles. The van der Waals surface area contributed by atoms with Crippen molar-refractivity contribution < 1.29 is 119 Å². The number of rotatable bonds is 84. The van der Waals surface area contributed by atoms with Gasteiger partial charge in [-0.2, -0.15) is 0 Å². The quantitative estimate of drug-likeness (QED) is 0.0366. The van der Waals surface area contributed by atoms with Gasteiger partial charge in [0.1, 0.15) is 19.8 Å². The Morgan fingerprint density at radius 3 is 0.763 bits per heavy atom. The van der Waals surface area contributed by atoms with Crippen molar-refractivity contribution in [3.05, 3.63) is 0 Å². The fourth-order valence-electron chi connectivity index (χ4n) is 10.6. The Labute approximate surface area is 675 Å². The normalized spacial score (nSPS) is 11.9. The Bertz CT molecular complexity index is 2480. The van der Waals surface area contributed by atoms with Gasteiger partial charge in [-0.25, -0.2) is 0 Å². The zero-order valence-corrected chi connectivity index (χ0v) is 69.2. The van der Waals surface area contributed by atoms with Crippen molar-refractivity contribution in [1.29, 1.82) is 0 Å². The lowest BCUT2D eigenvalue weighted by atomic mass is 10.0. The van der Waals surface area contributed by atoms with Crippen LogP contribution < -0.4 is 63.8 Å². The maximum Gasteiger partial charge on any atom is 0.246 e. The van der Waals surface area contributed by atoms with Gasteiger partial charge >= 0.3 is 0 Å². The molecule has 662 valence electrons. The molecule has 0 aliphatic carbocycles. The first kappa shape index (κ1) is 107. The molecule has 0 saturated carbocycles. The van der Waals surface area contributed by atoms with Crippen LogP contribution in [0.4, 0.5) is 0 Å². The summed E-state index contributed by atoms with van der Waals surface area (Å²) in [6.07, 6.45) is 12.7. The van der Waals surface area contributed by atoms with Crippen LogP contribution in [0.3, 0.4) is 0 Å².